The minimum atomic E-state index is 0.652. The number of hydrogen-bond donors (Lipinski definition) is 0. The van der Waals surface area contributed by atoms with Gasteiger partial charge in [-0.15, -0.1) is 0 Å². The molecule has 1 heteroatoms. The van der Waals surface area contributed by atoms with Crippen LogP contribution in [0, 0.1) is 11.8 Å². The Hall–Kier alpha value is 0.470. The molecular weight excluding hydrogens is 223 g/mol. The first-order valence-electron chi connectivity index (χ1n) is 3.72. The van der Waals surface area contributed by atoms with Crippen LogP contribution in [0.3, 0.4) is 0 Å². The minimum absolute atomic E-state index is 0.652. The molecule has 0 nitrogen and oxygen atoms in total. The molecule has 1 saturated carbocycles. The third-order valence-corrected chi connectivity index (χ3v) is 5.96. The average Bonchev–Trinajstić information content (AvgIpc) is 2.48. The van der Waals surface area contributed by atoms with E-state index in [2.05, 4.69) is 0 Å². The Labute approximate surface area is 66.0 Å². The summed E-state index contributed by atoms with van der Waals surface area (Å²) in [5.41, 5.74) is 3.87. The molecule has 0 aromatic carbocycles. The van der Waals surface area contributed by atoms with E-state index >= 15 is 0 Å². The van der Waals surface area contributed by atoms with Gasteiger partial charge in [-0.05, 0) is 0 Å². The molecule has 1 heterocycles. The normalized spacial score (nSPS) is 46.2. The van der Waals surface area contributed by atoms with Crippen LogP contribution in [0.25, 0.3) is 0 Å². The first-order valence-corrected chi connectivity index (χ1v) is 6.77. The molecule has 0 saturated heterocycles. The van der Waals surface area contributed by atoms with Crippen LogP contribution in [0.4, 0.5) is 0 Å². The summed E-state index contributed by atoms with van der Waals surface area (Å²) in [6.07, 6.45) is 3.04. The van der Waals surface area contributed by atoms with Gasteiger partial charge in [0, 0.05) is 0 Å². The van der Waals surface area contributed by atoms with Crippen molar-refractivity contribution in [3.63, 3.8) is 0 Å². The van der Waals surface area contributed by atoms with Gasteiger partial charge in [-0.1, -0.05) is 0 Å². The molecule has 9 heavy (non-hydrogen) atoms. The predicted molar refractivity (Wildman–Crippen MR) is 33.0 cm³/mol. The number of rotatable bonds is 0. The summed E-state index contributed by atoms with van der Waals surface area (Å²) in [4.78, 5) is 0. The van der Waals surface area contributed by atoms with E-state index in [0.29, 0.717) is 21.2 Å². The van der Waals surface area contributed by atoms with Gasteiger partial charge in [0.25, 0.3) is 0 Å². The van der Waals surface area contributed by atoms with Gasteiger partial charge in [-0.3, -0.25) is 0 Å². The van der Waals surface area contributed by atoms with Gasteiger partial charge < -0.3 is 0 Å². The van der Waals surface area contributed by atoms with Crippen molar-refractivity contribution in [3.8, 4) is 0 Å². The van der Waals surface area contributed by atoms with Crippen molar-refractivity contribution in [3.05, 3.63) is 11.1 Å². The van der Waals surface area contributed by atoms with Gasteiger partial charge in [0.15, 0.2) is 0 Å². The fourth-order valence-electron chi connectivity index (χ4n) is 2.56. The second-order valence-electron chi connectivity index (χ2n) is 3.28. The van der Waals surface area contributed by atoms with Crippen molar-refractivity contribution in [2.75, 3.05) is 8.86 Å². The Morgan fingerprint density at radius 3 is 2.67 bits per heavy atom. The summed E-state index contributed by atoms with van der Waals surface area (Å²) in [5.74, 6) is 2.29. The van der Waals surface area contributed by atoms with Gasteiger partial charge in [-0.2, -0.15) is 0 Å². The summed E-state index contributed by atoms with van der Waals surface area (Å²) in [5, 5.41) is 0. The van der Waals surface area contributed by atoms with Crippen LogP contribution in [0.15, 0.2) is 11.1 Å². The van der Waals surface area contributed by atoms with Crippen LogP contribution in [0.5, 0.6) is 0 Å². The topological polar surface area (TPSA) is 0 Å². The maximum atomic E-state index is 1.94. The average molecular weight is 233 g/mol. The molecule has 0 amide bonds. The van der Waals surface area contributed by atoms with Crippen molar-refractivity contribution in [1.29, 1.82) is 0 Å². The van der Waals surface area contributed by atoms with Crippen LogP contribution in [-0.4, -0.2) is 8.86 Å². The monoisotopic (exact) mass is 233 g/mol. The van der Waals surface area contributed by atoms with E-state index in [1.807, 2.05) is 11.1 Å². The van der Waals surface area contributed by atoms with Gasteiger partial charge in [0.2, 0.25) is 0 Å². The third kappa shape index (κ3) is 0.470. The van der Waals surface area contributed by atoms with E-state index in [9.17, 15) is 0 Å². The van der Waals surface area contributed by atoms with Crippen molar-refractivity contribution >= 4 is 0 Å². The molecule has 3 aliphatic carbocycles. The summed E-state index contributed by atoms with van der Waals surface area (Å²) in [6.45, 7) is 0. The molecule has 1 fully saturated rings. The number of hydrogen-bond acceptors (Lipinski definition) is 0. The molecule has 1 aliphatic heterocycles. The summed E-state index contributed by atoms with van der Waals surface area (Å²) in [7, 11) is 0. The molecule has 50 valence electrons. The Kier molecular flexibility index (Phi) is 0.889. The van der Waals surface area contributed by atoms with Gasteiger partial charge in [0.1, 0.15) is 0 Å². The van der Waals surface area contributed by atoms with Crippen LogP contribution >= 0.6 is 0 Å². The number of alkyl halides is 2. The van der Waals surface area contributed by atoms with Crippen LogP contribution < -0.4 is 21.2 Å². The molecule has 4 bridgehead atoms. The zero-order valence-electron chi connectivity index (χ0n) is 5.36. The predicted octanol–water partition coefficient (Wildman–Crippen LogP) is -1.57. The summed E-state index contributed by atoms with van der Waals surface area (Å²) >= 11 is 0.652. The Bertz CT molecular complexity index is 193. The Balaban J connectivity index is 2.11. The number of fused-ring (bicyclic) bond motifs is 1. The second-order valence-corrected chi connectivity index (χ2v) is 6.00. The molecule has 2 atom stereocenters. The van der Waals surface area contributed by atoms with E-state index < -0.39 is 0 Å². The molecule has 0 spiro atoms. The molecular formula is C8H10I-. The van der Waals surface area contributed by atoms with E-state index in [4.69, 9.17) is 0 Å². The van der Waals surface area contributed by atoms with Crippen molar-refractivity contribution < 1.29 is 21.2 Å². The van der Waals surface area contributed by atoms with E-state index in [1.54, 1.807) is 15.3 Å². The summed E-state index contributed by atoms with van der Waals surface area (Å²) < 4.78 is 3.22. The zero-order valence-corrected chi connectivity index (χ0v) is 7.52. The van der Waals surface area contributed by atoms with Gasteiger partial charge >= 0.3 is 65.9 Å². The summed E-state index contributed by atoms with van der Waals surface area (Å²) in [6, 6.07) is 0. The first kappa shape index (κ1) is 5.16. The zero-order chi connectivity index (χ0) is 5.84. The fraction of sp³-hybridized carbons (Fsp3) is 0.750. The maximum absolute atomic E-state index is 1.94. The Morgan fingerprint density at radius 2 is 2.22 bits per heavy atom. The van der Waals surface area contributed by atoms with Gasteiger partial charge in [0.05, 0.1) is 0 Å². The molecule has 4 rings (SSSR count). The molecule has 0 aromatic rings. The van der Waals surface area contributed by atoms with E-state index in [0.717, 1.165) is 11.8 Å². The number of halogens is 1. The van der Waals surface area contributed by atoms with Crippen molar-refractivity contribution in [2.45, 2.75) is 12.8 Å². The standard InChI is InChI=1S/C8H10I/c1-2-6-7-3-9-4-8(6)5(1)7/h5,7H,1-4H2/q-1. The van der Waals surface area contributed by atoms with E-state index in [1.165, 1.54) is 6.42 Å². The molecule has 0 radical (unpaired) electrons. The van der Waals surface area contributed by atoms with Crippen LogP contribution in [0.1, 0.15) is 12.8 Å². The SMILES string of the molecule is C1CC2C3=C1C2C[I-]C3. The third-order valence-electron chi connectivity index (χ3n) is 3.03. The number of allylic oxidation sites excluding steroid dienone is 2. The van der Waals surface area contributed by atoms with E-state index in [-0.39, 0.29) is 0 Å². The Morgan fingerprint density at radius 1 is 1.22 bits per heavy atom. The van der Waals surface area contributed by atoms with Crippen molar-refractivity contribution in [1.82, 2.24) is 0 Å². The fourth-order valence-corrected chi connectivity index (χ4v) is 6.32. The second kappa shape index (κ2) is 1.55. The first-order chi connectivity index (χ1) is 4.47. The molecule has 0 aromatic heterocycles. The molecule has 2 unspecified atom stereocenters. The van der Waals surface area contributed by atoms with Crippen molar-refractivity contribution in [2.24, 2.45) is 11.8 Å². The van der Waals surface area contributed by atoms with Gasteiger partial charge in [-0.25, -0.2) is 0 Å². The quantitative estimate of drug-likeness (QED) is 0.269. The molecule has 4 aliphatic rings. The molecule has 0 N–H and O–H groups in total. The van der Waals surface area contributed by atoms with Crippen LogP contribution in [0.2, 0.25) is 0 Å². The van der Waals surface area contributed by atoms with Crippen LogP contribution in [-0.2, 0) is 0 Å².